The van der Waals surface area contributed by atoms with Crippen molar-refractivity contribution in [2.45, 2.75) is 38.3 Å². The van der Waals surface area contributed by atoms with Gasteiger partial charge in [-0.25, -0.2) is 4.79 Å². The maximum absolute atomic E-state index is 11.5. The van der Waals surface area contributed by atoms with E-state index in [1.54, 1.807) is 6.92 Å². The first kappa shape index (κ1) is 12.8. The number of rotatable bonds is 4. The van der Waals surface area contributed by atoms with E-state index in [9.17, 15) is 9.59 Å². The second kappa shape index (κ2) is 5.16. The third-order valence-electron chi connectivity index (χ3n) is 2.49. The highest BCUT2D eigenvalue weighted by atomic mass is 16.5. The normalized spacial score (nSPS) is 26.1. The Kier molecular flexibility index (Phi) is 4.12. The molecular formula is C10H18N2O4. The topological polar surface area (TPSA) is 87.7 Å². The van der Waals surface area contributed by atoms with Gasteiger partial charge in [-0.1, -0.05) is 0 Å². The van der Waals surface area contributed by atoms with Crippen molar-refractivity contribution < 1.29 is 19.4 Å². The van der Waals surface area contributed by atoms with Crippen LogP contribution in [0.3, 0.4) is 0 Å². The van der Waals surface area contributed by atoms with Gasteiger partial charge in [0.2, 0.25) is 0 Å². The number of nitrogens with one attached hydrogen (secondary N) is 2. The number of carboxylic acids is 1. The van der Waals surface area contributed by atoms with Crippen molar-refractivity contribution in [2.24, 2.45) is 0 Å². The Hall–Kier alpha value is -1.30. The van der Waals surface area contributed by atoms with Crippen LogP contribution >= 0.6 is 0 Å². The molecule has 1 rings (SSSR count). The lowest BCUT2D eigenvalue weighted by Gasteiger charge is -2.24. The molecule has 6 nitrogen and oxygen atoms in total. The first-order valence-corrected chi connectivity index (χ1v) is 5.29. The summed E-state index contributed by atoms with van der Waals surface area (Å²) >= 11 is 0. The fourth-order valence-electron chi connectivity index (χ4n) is 1.61. The van der Waals surface area contributed by atoms with Crippen LogP contribution < -0.4 is 10.6 Å². The molecule has 0 bridgehead atoms. The monoisotopic (exact) mass is 230 g/mol. The van der Waals surface area contributed by atoms with Crippen LogP contribution in [0.1, 0.15) is 26.7 Å². The minimum Gasteiger partial charge on any atom is -0.481 e. The van der Waals surface area contributed by atoms with Crippen molar-refractivity contribution in [3.63, 3.8) is 0 Å². The van der Waals surface area contributed by atoms with Crippen LogP contribution in [0.15, 0.2) is 0 Å². The van der Waals surface area contributed by atoms with Crippen LogP contribution in [0.2, 0.25) is 0 Å². The van der Waals surface area contributed by atoms with E-state index in [1.807, 2.05) is 6.92 Å². The summed E-state index contributed by atoms with van der Waals surface area (Å²) in [5.41, 5.74) is -0.340. The molecule has 0 aromatic carbocycles. The quantitative estimate of drug-likeness (QED) is 0.649. The van der Waals surface area contributed by atoms with Crippen molar-refractivity contribution in [1.29, 1.82) is 0 Å². The smallest absolute Gasteiger partial charge is 0.315 e. The van der Waals surface area contributed by atoms with E-state index >= 15 is 0 Å². The summed E-state index contributed by atoms with van der Waals surface area (Å²) in [7, 11) is 0. The zero-order chi connectivity index (χ0) is 12.2. The second-order valence-corrected chi connectivity index (χ2v) is 4.46. The summed E-state index contributed by atoms with van der Waals surface area (Å²) in [6.07, 6.45) is 0.689. The molecule has 1 aliphatic rings. The van der Waals surface area contributed by atoms with Crippen molar-refractivity contribution in [1.82, 2.24) is 10.6 Å². The predicted octanol–water partition coefficient (Wildman–Crippen LogP) is 0.328. The number of ether oxygens (including phenoxy) is 1. The van der Waals surface area contributed by atoms with Crippen LogP contribution in [0, 0.1) is 0 Å². The summed E-state index contributed by atoms with van der Waals surface area (Å²) in [5.74, 6) is -0.928. The molecule has 1 heterocycles. The molecule has 2 unspecified atom stereocenters. The minimum absolute atomic E-state index is 0.0827. The van der Waals surface area contributed by atoms with Gasteiger partial charge in [0.05, 0.1) is 18.6 Å². The number of hydrogen-bond donors (Lipinski definition) is 3. The third-order valence-corrected chi connectivity index (χ3v) is 2.49. The van der Waals surface area contributed by atoms with Crippen molar-refractivity contribution in [3.8, 4) is 0 Å². The molecule has 0 saturated carbocycles. The molecule has 3 N–H and O–H groups in total. The van der Waals surface area contributed by atoms with Crippen LogP contribution in [-0.2, 0) is 9.53 Å². The number of carboxylic acid groups (broad SMARTS) is 1. The molecule has 6 heteroatoms. The molecule has 92 valence electrons. The van der Waals surface area contributed by atoms with Crippen molar-refractivity contribution in [3.05, 3.63) is 0 Å². The zero-order valence-corrected chi connectivity index (χ0v) is 9.58. The average Bonchev–Trinajstić information content (AvgIpc) is 2.48. The molecule has 16 heavy (non-hydrogen) atoms. The summed E-state index contributed by atoms with van der Waals surface area (Å²) in [6, 6.07) is -0.731. The lowest BCUT2D eigenvalue weighted by atomic mass is 10.0. The maximum Gasteiger partial charge on any atom is 0.315 e. The summed E-state index contributed by atoms with van der Waals surface area (Å²) in [4.78, 5) is 21.9. The lowest BCUT2D eigenvalue weighted by Crippen LogP contribution is -2.52. The SMILES string of the molecule is CC(CC(=O)O)NC(=O)NC1(C)CCOC1. The highest BCUT2D eigenvalue weighted by molar-refractivity contribution is 5.76. The number of amides is 2. The highest BCUT2D eigenvalue weighted by Gasteiger charge is 2.31. The molecule has 1 saturated heterocycles. The Balaban J connectivity index is 2.32. The molecule has 1 aliphatic heterocycles. The standard InChI is InChI=1S/C10H18N2O4/c1-7(5-8(13)14)11-9(15)12-10(2)3-4-16-6-10/h7H,3-6H2,1-2H3,(H,13,14)(H2,11,12,15). The minimum atomic E-state index is -0.928. The van der Waals surface area contributed by atoms with Crippen molar-refractivity contribution in [2.75, 3.05) is 13.2 Å². The van der Waals surface area contributed by atoms with E-state index in [0.29, 0.717) is 13.2 Å². The van der Waals surface area contributed by atoms with Gasteiger partial charge in [-0.3, -0.25) is 4.79 Å². The molecule has 0 aromatic rings. The maximum atomic E-state index is 11.5. The predicted molar refractivity (Wildman–Crippen MR) is 57.2 cm³/mol. The molecule has 0 aromatic heterocycles. The van der Waals surface area contributed by atoms with Gasteiger partial charge in [0, 0.05) is 12.6 Å². The lowest BCUT2D eigenvalue weighted by molar-refractivity contribution is -0.137. The van der Waals surface area contributed by atoms with E-state index in [4.69, 9.17) is 9.84 Å². The van der Waals surface area contributed by atoms with E-state index in [2.05, 4.69) is 10.6 Å². The first-order valence-electron chi connectivity index (χ1n) is 5.29. The zero-order valence-electron chi connectivity index (χ0n) is 9.58. The Labute approximate surface area is 94.3 Å². The van der Waals surface area contributed by atoms with E-state index in [0.717, 1.165) is 6.42 Å². The average molecular weight is 230 g/mol. The largest absolute Gasteiger partial charge is 0.481 e. The summed E-state index contributed by atoms with van der Waals surface area (Å²) < 4.78 is 5.19. The van der Waals surface area contributed by atoms with Crippen LogP contribution in [0.5, 0.6) is 0 Å². The van der Waals surface area contributed by atoms with Gasteiger partial charge in [0.25, 0.3) is 0 Å². The highest BCUT2D eigenvalue weighted by Crippen LogP contribution is 2.16. The Morgan fingerprint density at radius 3 is 2.75 bits per heavy atom. The van der Waals surface area contributed by atoms with Gasteiger partial charge in [-0.05, 0) is 20.3 Å². The van der Waals surface area contributed by atoms with E-state index < -0.39 is 5.97 Å². The Morgan fingerprint density at radius 2 is 2.25 bits per heavy atom. The van der Waals surface area contributed by atoms with Crippen LogP contribution in [0.4, 0.5) is 4.79 Å². The van der Waals surface area contributed by atoms with Crippen LogP contribution in [0.25, 0.3) is 0 Å². The number of urea groups is 1. The number of carbonyl (C=O) groups is 2. The van der Waals surface area contributed by atoms with Gasteiger partial charge >= 0.3 is 12.0 Å². The molecule has 0 spiro atoms. The van der Waals surface area contributed by atoms with E-state index in [-0.39, 0.29) is 24.0 Å². The number of carbonyl (C=O) groups excluding carboxylic acids is 1. The van der Waals surface area contributed by atoms with Crippen LogP contribution in [-0.4, -0.2) is 41.9 Å². The Morgan fingerprint density at radius 1 is 1.56 bits per heavy atom. The Bertz CT molecular complexity index is 274. The fraction of sp³-hybridized carbons (Fsp3) is 0.800. The summed E-state index contributed by atoms with van der Waals surface area (Å²) in [5, 5.41) is 13.9. The molecule has 2 atom stereocenters. The first-order chi connectivity index (χ1) is 7.41. The molecular weight excluding hydrogens is 212 g/mol. The molecule has 2 amide bonds. The fourth-order valence-corrected chi connectivity index (χ4v) is 1.61. The number of aliphatic carboxylic acids is 1. The second-order valence-electron chi connectivity index (χ2n) is 4.46. The van der Waals surface area contributed by atoms with Gasteiger partial charge in [0.1, 0.15) is 0 Å². The van der Waals surface area contributed by atoms with Gasteiger partial charge < -0.3 is 20.5 Å². The van der Waals surface area contributed by atoms with E-state index in [1.165, 1.54) is 0 Å². The van der Waals surface area contributed by atoms with Gasteiger partial charge in [0.15, 0.2) is 0 Å². The molecule has 0 aliphatic carbocycles. The molecule has 1 fully saturated rings. The number of hydrogen-bond acceptors (Lipinski definition) is 3. The van der Waals surface area contributed by atoms with Crippen molar-refractivity contribution >= 4 is 12.0 Å². The van der Waals surface area contributed by atoms with Gasteiger partial charge in [-0.15, -0.1) is 0 Å². The van der Waals surface area contributed by atoms with Gasteiger partial charge in [-0.2, -0.15) is 0 Å². The summed E-state index contributed by atoms with van der Waals surface area (Å²) in [6.45, 7) is 4.69. The third kappa shape index (κ3) is 4.06. The molecule has 0 radical (unpaired) electrons.